The number of benzene rings is 1. The van der Waals surface area contributed by atoms with Gasteiger partial charge in [-0.05, 0) is 18.1 Å². The molecule has 6 nitrogen and oxygen atoms in total. The van der Waals surface area contributed by atoms with Crippen LogP contribution < -0.4 is 16.1 Å². The number of aromatic nitrogens is 1. The number of rotatable bonds is 2. The molecule has 1 aromatic heterocycles. The van der Waals surface area contributed by atoms with Crippen molar-refractivity contribution < 1.29 is 4.79 Å². The maximum atomic E-state index is 12.8. The van der Waals surface area contributed by atoms with Crippen molar-refractivity contribution in [2.24, 2.45) is 5.92 Å². The van der Waals surface area contributed by atoms with Crippen LogP contribution in [0.5, 0.6) is 0 Å². The van der Waals surface area contributed by atoms with Crippen LogP contribution in [0.25, 0.3) is 16.6 Å². The normalized spacial score (nSPS) is 21.1. The van der Waals surface area contributed by atoms with E-state index in [0.717, 1.165) is 27.7 Å². The summed E-state index contributed by atoms with van der Waals surface area (Å²) in [6, 6.07) is 10.1. The van der Waals surface area contributed by atoms with E-state index in [-0.39, 0.29) is 18.1 Å². The highest BCUT2D eigenvalue weighted by molar-refractivity contribution is 6.03. The van der Waals surface area contributed by atoms with Gasteiger partial charge in [-0.2, -0.15) is 0 Å². The molecule has 1 fully saturated rings. The largest absolute Gasteiger partial charge is 0.351 e. The first-order chi connectivity index (χ1) is 11.1. The average Bonchev–Trinajstić information content (AvgIpc) is 3.03. The quantitative estimate of drug-likeness (QED) is 0.782. The van der Waals surface area contributed by atoms with E-state index in [1.807, 2.05) is 44.2 Å². The molecule has 2 aliphatic heterocycles. The second-order valence-electron chi connectivity index (χ2n) is 6.12. The molecular formula is C17H19N5O. The minimum atomic E-state index is -0.223. The summed E-state index contributed by atoms with van der Waals surface area (Å²) >= 11 is 0. The number of amides is 1. The molecule has 118 valence electrons. The summed E-state index contributed by atoms with van der Waals surface area (Å²) in [6.45, 7) is 4.65. The summed E-state index contributed by atoms with van der Waals surface area (Å²) in [6.07, 6.45) is 1.56. The van der Waals surface area contributed by atoms with Crippen molar-refractivity contribution in [2.75, 3.05) is 6.67 Å². The lowest BCUT2D eigenvalue weighted by atomic mass is 9.94. The molecule has 1 amide bonds. The van der Waals surface area contributed by atoms with Crippen molar-refractivity contribution >= 4 is 22.5 Å². The minimum Gasteiger partial charge on any atom is -0.351 e. The van der Waals surface area contributed by atoms with Gasteiger partial charge in [0, 0.05) is 22.7 Å². The Bertz CT molecular complexity index is 813. The van der Waals surface area contributed by atoms with E-state index in [0.29, 0.717) is 6.67 Å². The average molecular weight is 309 g/mol. The Morgan fingerprint density at radius 3 is 3.00 bits per heavy atom. The highest BCUT2D eigenvalue weighted by Gasteiger charge is 2.38. The Kier molecular flexibility index (Phi) is 3.28. The van der Waals surface area contributed by atoms with Gasteiger partial charge >= 0.3 is 0 Å². The summed E-state index contributed by atoms with van der Waals surface area (Å²) < 4.78 is 0. The highest BCUT2D eigenvalue weighted by Crippen LogP contribution is 2.29. The number of hydrogen-bond donors (Lipinski definition) is 3. The van der Waals surface area contributed by atoms with Gasteiger partial charge in [0.05, 0.1) is 17.9 Å². The maximum Gasteiger partial charge on any atom is 0.269 e. The van der Waals surface area contributed by atoms with Crippen molar-refractivity contribution in [3.05, 3.63) is 47.7 Å². The lowest BCUT2D eigenvalue weighted by molar-refractivity contribution is -0.132. The number of hydrazine groups is 1. The molecule has 0 bridgehead atoms. The van der Waals surface area contributed by atoms with E-state index < -0.39 is 0 Å². The zero-order valence-corrected chi connectivity index (χ0v) is 13.1. The van der Waals surface area contributed by atoms with Crippen molar-refractivity contribution in [3.63, 3.8) is 0 Å². The van der Waals surface area contributed by atoms with Gasteiger partial charge < -0.3 is 5.32 Å². The fourth-order valence-corrected chi connectivity index (χ4v) is 3.16. The molecule has 6 heteroatoms. The van der Waals surface area contributed by atoms with Crippen LogP contribution in [0.2, 0.25) is 0 Å². The Hall–Kier alpha value is -2.44. The van der Waals surface area contributed by atoms with Gasteiger partial charge in [-0.3, -0.25) is 15.1 Å². The SMILES string of the molecule is CC(C)C1=C(c2ccc3cccnc3c2)NC2NCNN2C1=O. The molecule has 1 atom stereocenters. The van der Waals surface area contributed by atoms with Crippen molar-refractivity contribution in [3.8, 4) is 0 Å². The third-order valence-electron chi connectivity index (χ3n) is 4.27. The molecule has 0 spiro atoms. The Balaban J connectivity index is 1.86. The molecule has 0 aliphatic carbocycles. The number of fused-ring (bicyclic) bond motifs is 2. The number of carbonyl (C=O) groups excluding carboxylic acids is 1. The molecule has 1 saturated heterocycles. The summed E-state index contributed by atoms with van der Waals surface area (Å²) in [5, 5.41) is 9.37. The molecule has 2 aromatic rings. The molecular weight excluding hydrogens is 290 g/mol. The van der Waals surface area contributed by atoms with Gasteiger partial charge in [0.2, 0.25) is 0 Å². The minimum absolute atomic E-state index is 0.0184. The fourth-order valence-electron chi connectivity index (χ4n) is 3.16. The van der Waals surface area contributed by atoms with Crippen LogP contribution in [-0.4, -0.2) is 28.9 Å². The zero-order chi connectivity index (χ0) is 16.0. The van der Waals surface area contributed by atoms with Crippen LogP contribution in [-0.2, 0) is 4.79 Å². The van der Waals surface area contributed by atoms with Crippen molar-refractivity contribution in [2.45, 2.75) is 20.1 Å². The van der Waals surface area contributed by atoms with Crippen molar-refractivity contribution in [1.82, 2.24) is 26.1 Å². The summed E-state index contributed by atoms with van der Waals surface area (Å²) in [7, 11) is 0. The summed E-state index contributed by atoms with van der Waals surface area (Å²) in [5.41, 5.74) is 6.64. The second-order valence-corrected chi connectivity index (χ2v) is 6.12. The van der Waals surface area contributed by atoms with Crippen molar-refractivity contribution in [1.29, 1.82) is 0 Å². The van der Waals surface area contributed by atoms with Crippen LogP contribution in [0.1, 0.15) is 19.4 Å². The maximum absolute atomic E-state index is 12.8. The molecule has 3 heterocycles. The predicted octanol–water partition coefficient (Wildman–Crippen LogP) is 1.38. The third kappa shape index (κ3) is 2.27. The highest BCUT2D eigenvalue weighted by atomic mass is 16.2. The van der Waals surface area contributed by atoms with Gasteiger partial charge in [-0.15, -0.1) is 0 Å². The van der Waals surface area contributed by atoms with Gasteiger partial charge in [0.15, 0.2) is 6.29 Å². The Labute approximate surface area is 134 Å². The first-order valence-corrected chi connectivity index (χ1v) is 7.81. The van der Waals surface area contributed by atoms with Gasteiger partial charge in [-0.1, -0.05) is 32.0 Å². The molecule has 2 aliphatic rings. The van der Waals surface area contributed by atoms with E-state index in [4.69, 9.17) is 0 Å². The summed E-state index contributed by atoms with van der Waals surface area (Å²) in [5.74, 6) is 0.137. The van der Waals surface area contributed by atoms with Gasteiger partial charge in [0.1, 0.15) is 0 Å². The number of hydrogen-bond acceptors (Lipinski definition) is 5. The monoisotopic (exact) mass is 309 g/mol. The van der Waals surface area contributed by atoms with E-state index in [1.165, 1.54) is 0 Å². The fraction of sp³-hybridized carbons (Fsp3) is 0.294. The summed E-state index contributed by atoms with van der Waals surface area (Å²) in [4.78, 5) is 17.2. The lowest BCUT2D eigenvalue weighted by Crippen LogP contribution is -2.56. The number of nitrogens with one attached hydrogen (secondary N) is 3. The third-order valence-corrected chi connectivity index (χ3v) is 4.27. The molecule has 3 N–H and O–H groups in total. The van der Waals surface area contributed by atoms with E-state index in [1.54, 1.807) is 11.2 Å². The number of pyridine rings is 1. The predicted molar refractivity (Wildman–Crippen MR) is 88.4 cm³/mol. The van der Waals surface area contributed by atoms with E-state index in [9.17, 15) is 4.79 Å². The van der Waals surface area contributed by atoms with Crippen LogP contribution in [0, 0.1) is 5.92 Å². The zero-order valence-electron chi connectivity index (χ0n) is 13.1. The Morgan fingerprint density at radius 1 is 1.30 bits per heavy atom. The number of nitrogens with zero attached hydrogens (tertiary/aromatic N) is 2. The molecule has 1 aromatic carbocycles. The van der Waals surface area contributed by atoms with Gasteiger partial charge in [-0.25, -0.2) is 10.4 Å². The Morgan fingerprint density at radius 2 is 2.17 bits per heavy atom. The van der Waals surface area contributed by atoms with Crippen LogP contribution >= 0.6 is 0 Å². The molecule has 1 unspecified atom stereocenters. The van der Waals surface area contributed by atoms with Crippen LogP contribution in [0.4, 0.5) is 0 Å². The standard InChI is InChI=1S/C17H19N5O/c1-10(2)14-15(21-17-19-9-20-22(17)16(14)23)12-6-5-11-4-3-7-18-13(11)8-12/h3-8,10,17,19-21H,9H2,1-2H3. The molecule has 23 heavy (non-hydrogen) atoms. The topological polar surface area (TPSA) is 69.3 Å². The molecule has 4 rings (SSSR count). The van der Waals surface area contributed by atoms with Gasteiger partial charge in [0.25, 0.3) is 5.91 Å². The molecule has 0 radical (unpaired) electrons. The van der Waals surface area contributed by atoms with Crippen LogP contribution in [0.15, 0.2) is 42.1 Å². The number of carbonyl (C=O) groups is 1. The van der Waals surface area contributed by atoms with Crippen LogP contribution in [0.3, 0.4) is 0 Å². The first-order valence-electron chi connectivity index (χ1n) is 7.81. The van der Waals surface area contributed by atoms with E-state index in [2.05, 4.69) is 21.0 Å². The van der Waals surface area contributed by atoms with E-state index >= 15 is 0 Å². The second kappa shape index (κ2) is 5.33. The molecule has 0 saturated carbocycles. The lowest BCUT2D eigenvalue weighted by Gasteiger charge is -2.34. The smallest absolute Gasteiger partial charge is 0.269 e. The first kappa shape index (κ1) is 14.2.